The van der Waals surface area contributed by atoms with Gasteiger partial charge in [-0.2, -0.15) is 0 Å². The fourth-order valence-corrected chi connectivity index (χ4v) is 2.40. The van der Waals surface area contributed by atoms with E-state index in [1.165, 1.54) is 24.3 Å². The Labute approximate surface area is 97.5 Å². The van der Waals surface area contributed by atoms with E-state index < -0.39 is 10.0 Å². The Morgan fingerprint density at radius 3 is 2.53 bits per heavy atom. The summed E-state index contributed by atoms with van der Waals surface area (Å²) in [4.78, 5) is 10.6. The molecule has 0 unspecified atom stereocenters. The van der Waals surface area contributed by atoms with Gasteiger partial charge in [0, 0.05) is 5.39 Å². The first kappa shape index (κ1) is 11.6. The number of hydrogen-bond acceptors (Lipinski definition) is 4. The molecule has 6 heteroatoms. The molecule has 0 bridgehead atoms. The second-order valence-corrected chi connectivity index (χ2v) is 5.08. The molecule has 0 amide bonds. The Balaban J connectivity index is 2.92. The molecule has 5 nitrogen and oxygen atoms in total. The van der Waals surface area contributed by atoms with Crippen molar-refractivity contribution in [2.45, 2.75) is 4.90 Å². The molecule has 0 atom stereocenters. The standard InChI is InChI=1S/C11H9NO4S/c12-17(15,16)11-3-1-2-7-4-8(6-13)10(14)5-9(7)11/h1-6,14H,(H2,12,15,16). The van der Waals surface area contributed by atoms with E-state index in [2.05, 4.69) is 0 Å². The maximum absolute atomic E-state index is 11.3. The number of sulfonamides is 1. The largest absolute Gasteiger partial charge is 0.507 e. The number of hydrogen-bond donors (Lipinski definition) is 2. The molecule has 0 radical (unpaired) electrons. The predicted octanol–water partition coefficient (Wildman–Crippen LogP) is 1.01. The molecule has 0 aliphatic carbocycles. The van der Waals surface area contributed by atoms with Gasteiger partial charge in [-0.15, -0.1) is 0 Å². The van der Waals surface area contributed by atoms with Gasteiger partial charge in [-0.3, -0.25) is 4.79 Å². The highest BCUT2D eigenvalue weighted by atomic mass is 32.2. The molecule has 0 aromatic heterocycles. The first-order chi connectivity index (χ1) is 7.93. The van der Waals surface area contributed by atoms with Crippen molar-refractivity contribution in [1.82, 2.24) is 0 Å². The molecular formula is C11H9NO4S. The van der Waals surface area contributed by atoms with E-state index in [1.54, 1.807) is 6.07 Å². The summed E-state index contributed by atoms with van der Waals surface area (Å²) < 4.78 is 22.7. The van der Waals surface area contributed by atoms with Gasteiger partial charge < -0.3 is 5.11 Å². The minimum Gasteiger partial charge on any atom is -0.507 e. The molecule has 0 aliphatic heterocycles. The minimum absolute atomic E-state index is 0.0808. The Morgan fingerprint density at radius 2 is 1.94 bits per heavy atom. The average molecular weight is 251 g/mol. The molecule has 3 N–H and O–H groups in total. The van der Waals surface area contributed by atoms with Crippen LogP contribution in [0.5, 0.6) is 5.75 Å². The smallest absolute Gasteiger partial charge is 0.238 e. The summed E-state index contributed by atoms with van der Waals surface area (Å²) >= 11 is 0. The van der Waals surface area contributed by atoms with E-state index in [0.717, 1.165) is 0 Å². The number of primary sulfonamides is 1. The molecule has 88 valence electrons. The van der Waals surface area contributed by atoms with Crippen molar-refractivity contribution in [3.63, 3.8) is 0 Å². The van der Waals surface area contributed by atoms with Gasteiger partial charge in [0.05, 0.1) is 10.5 Å². The quantitative estimate of drug-likeness (QED) is 0.778. The molecule has 2 rings (SSSR count). The van der Waals surface area contributed by atoms with Crippen LogP contribution < -0.4 is 5.14 Å². The normalized spacial score (nSPS) is 11.6. The lowest BCUT2D eigenvalue weighted by molar-refractivity contribution is 0.112. The molecule has 0 saturated heterocycles. The third-order valence-electron chi connectivity index (χ3n) is 2.42. The lowest BCUT2D eigenvalue weighted by atomic mass is 10.1. The van der Waals surface area contributed by atoms with Crippen LogP contribution in [0, 0.1) is 0 Å². The van der Waals surface area contributed by atoms with Crippen molar-refractivity contribution in [3.8, 4) is 5.75 Å². The third-order valence-corrected chi connectivity index (χ3v) is 3.39. The van der Waals surface area contributed by atoms with Gasteiger partial charge in [-0.1, -0.05) is 12.1 Å². The van der Waals surface area contributed by atoms with Crippen LogP contribution in [-0.2, 0) is 10.0 Å². The maximum atomic E-state index is 11.3. The van der Waals surface area contributed by atoms with Gasteiger partial charge in [-0.05, 0) is 23.6 Å². The molecule has 0 fully saturated rings. The zero-order chi connectivity index (χ0) is 12.6. The number of carbonyl (C=O) groups is 1. The fourth-order valence-electron chi connectivity index (χ4n) is 1.65. The monoisotopic (exact) mass is 251 g/mol. The Kier molecular flexibility index (Phi) is 2.60. The van der Waals surface area contributed by atoms with Crippen molar-refractivity contribution in [3.05, 3.63) is 35.9 Å². The highest BCUT2D eigenvalue weighted by Gasteiger charge is 2.13. The van der Waals surface area contributed by atoms with Crippen LogP contribution >= 0.6 is 0 Å². The molecule has 0 heterocycles. The number of aromatic hydroxyl groups is 1. The van der Waals surface area contributed by atoms with E-state index in [0.29, 0.717) is 11.7 Å². The number of benzene rings is 2. The Morgan fingerprint density at radius 1 is 1.24 bits per heavy atom. The predicted molar refractivity (Wildman–Crippen MR) is 62.4 cm³/mol. The summed E-state index contributed by atoms with van der Waals surface area (Å²) in [7, 11) is -3.87. The zero-order valence-electron chi connectivity index (χ0n) is 8.62. The SMILES string of the molecule is NS(=O)(=O)c1cccc2cc(C=O)c(O)cc12. The van der Waals surface area contributed by atoms with Gasteiger partial charge in [0.1, 0.15) is 5.75 Å². The highest BCUT2D eigenvalue weighted by Crippen LogP contribution is 2.28. The molecule has 0 saturated carbocycles. The van der Waals surface area contributed by atoms with Crippen LogP contribution in [-0.4, -0.2) is 19.8 Å². The number of phenols is 1. The van der Waals surface area contributed by atoms with Crippen LogP contribution in [0.25, 0.3) is 10.8 Å². The number of carbonyl (C=O) groups excluding carboxylic acids is 1. The third kappa shape index (κ3) is 2.00. The second-order valence-electron chi connectivity index (χ2n) is 3.55. The topological polar surface area (TPSA) is 97.5 Å². The molecular weight excluding hydrogens is 242 g/mol. The summed E-state index contributed by atoms with van der Waals surface area (Å²) in [5, 5.41) is 15.4. The van der Waals surface area contributed by atoms with Gasteiger partial charge >= 0.3 is 0 Å². The van der Waals surface area contributed by atoms with E-state index in [4.69, 9.17) is 5.14 Å². The van der Waals surface area contributed by atoms with Crippen LogP contribution in [0.2, 0.25) is 0 Å². The number of rotatable bonds is 2. The van der Waals surface area contributed by atoms with Crippen molar-refractivity contribution in [1.29, 1.82) is 0 Å². The second kappa shape index (κ2) is 3.83. The Bertz CT molecular complexity index is 707. The molecule has 0 aliphatic rings. The highest BCUT2D eigenvalue weighted by molar-refractivity contribution is 7.89. The van der Waals surface area contributed by atoms with E-state index >= 15 is 0 Å². The van der Waals surface area contributed by atoms with Crippen LogP contribution in [0.4, 0.5) is 0 Å². The zero-order valence-corrected chi connectivity index (χ0v) is 9.44. The summed E-state index contributed by atoms with van der Waals surface area (Å²) in [6.45, 7) is 0. The van der Waals surface area contributed by atoms with Gasteiger partial charge in [0.25, 0.3) is 0 Å². The minimum atomic E-state index is -3.87. The summed E-state index contributed by atoms with van der Waals surface area (Å²) in [6, 6.07) is 7.13. The summed E-state index contributed by atoms with van der Waals surface area (Å²) in [5.41, 5.74) is 0.101. The molecule has 0 spiro atoms. The number of aldehydes is 1. The van der Waals surface area contributed by atoms with Crippen LogP contribution in [0.15, 0.2) is 35.2 Å². The maximum Gasteiger partial charge on any atom is 0.238 e. The van der Waals surface area contributed by atoms with E-state index in [1.807, 2.05) is 0 Å². The van der Waals surface area contributed by atoms with Crippen molar-refractivity contribution in [2.75, 3.05) is 0 Å². The van der Waals surface area contributed by atoms with E-state index in [-0.39, 0.29) is 21.6 Å². The lowest BCUT2D eigenvalue weighted by Crippen LogP contribution is -2.12. The van der Waals surface area contributed by atoms with Crippen molar-refractivity contribution >= 4 is 27.1 Å². The molecule has 2 aromatic carbocycles. The fraction of sp³-hybridized carbons (Fsp3) is 0. The summed E-state index contributed by atoms with van der Waals surface area (Å²) in [6.07, 6.45) is 0.498. The summed E-state index contributed by atoms with van der Waals surface area (Å²) in [5.74, 6) is -0.274. The number of phenolic OH excluding ortho intramolecular Hbond substituents is 1. The van der Waals surface area contributed by atoms with Crippen molar-refractivity contribution < 1.29 is 18.3 Å². The van der Waals surface area contributed by atoms with Crippen LogP contribution in [0.3, 0.4) is 0 Å². The lowest BCUT2D eigenvalue weighted by Gasteiger charge is -2.06. The first-order valence-corrected chi connectivity index (χ1v) is 6.22. The number of fused-ring (bicyclic) bond motifs is 1. The van der Waals surface area contributed by atoms with Gasteiger partial charge in [0.2, 0.25) is 10.0 Å². The molecule has 2 aromatic rings. The van der Waals surface area contributed by atoms with Gasteiger partial charge in [0.15, 0.2) is 6.29 Å². The average Bonchev–Trinajstić information content (AvgIpc) is 2.26. The van der Waals surface area contributed by atoms with E-state index in [9.17, 15) is 18.3 Å². The number of nitrogens with two attached hydrogens (primary N) is 1. The Hall–Kier alpha value is -1.92. The van der Waals surface area contributed by atoms with Gasteiger partial charge in [-0.25, -0.2) is 13.6 Å². The van der Waals surface area contributed by atoms with Crippen molar-refractivity contribution in [2.24, 2.45) is 5.14 Å². The molecule has 17 heavy (non-hydrogen) atoms. The first-order valence-electron chi connectivity index (χ1n) is 4.67. The van der Waals surface area contributed by atoms with Crippen LogP contribution in [0.1, 0.15) is 10.4 Å².